The fraction of sp³-hybridized carbons (Fsp3) is 0.333. The number of hydrogen-bond donors (Lipinski definition) is 0. The highest BCUT2D eigenvalue weighted by Gasteiger charge is 2.41. The molecule has 104 heavy (non-hydrogen) atoms. The van der Waals surface area contributed by atoms with E-state index in [-0.39, 0.29) is 50.5 Å². The van der Waals surface area contributed by atoms with Gasteiger partial charge in [-0.2, -0.15) is 0 Å². The van der Waals surface area contributed by atoms with Crippen molar-refractivity contribution in [3.8, 4) is 28.2 Å². The van der Waals surface area contributed by atoms with Crippen LogP contribution in [0, 0.1) is 0 Å². The number of allylic oxidation sites excluding steroid dienone is 2. The van der Waals surface area contributed by atoms with Gasteiger partial charge in [-0.3, -0.25) is 0 Å². The molecule has 5 heterocycles. The van der Waals surface area contributed by atoms with E-state index >= 15 is 0 Å². The van der Waals surface area contributed by atoms with Crippen molar-refractivity contribution in [2.75, 3.05) is 4.90 Å². The third-order valence-electron chi connectivity index (χ3n) is 24.3. The normalized spacial score (nSPS) is 15.1. The number of anilines is 2. The van der Waals surface area contributed by atoms with E-state index in [2.05, 4.69) is 367 Å². The summed E-state index contributed by atoms with van der Waals surface area (Å²) in [4.78, 5) is 2.71. The van der Waals surface area contributed by atoms with Crippen LogP contribution in [-0.2, 0) is 37.9 Å². The van der Waals surface area contributed by atoms with Gasteiger partial charge in [-0.25, -0.2) is 0 Å². The number of nitrogens with zero attached hydrogens (tertiary/aromatic N) is 4. The summed E-state index contributed by atoms with van der Waals surface area (Å²) in [5, 5.41) is 15.2. The number of rotatable bonds is 5. The molecule has 0 amide bonds. The lowest BCUT2D eigenvalue weighted by molar-refractivity contribution is 0.588. The van der Waals surface area contributed by atoms with Crippen LogP contribution in [0.1, 0.15) is 217 Å². The SMILES string of the molecule is CCB1c2c(N3C(C)=CC(C)c4cc(C(C)(C)C)ccc43)cc(-c3c(-n4c5ccc(C(C)(C)C)cc5c5cc(C(C)(C)C)ccc54)c4ccc5cccc6ccc(c3-n3c7ccc(C(C)(C)C)cc7c7cc(C(C)(C)C)ccc73)c4c56)cc2-n2c3ccc(C(C)(C)C)cc3c3cc(C(C)(C)C)cc1c32. The maximum atomic E-state index is 2.75. The van der Waals surface area contributed by atoms with E-state index in [4.69, 9.17) is 0 Å². The Hall–Kier alpha value is -9.32. The van der Waals surface area contributed by atoms with Gasteiger partial charge < -0.3 is 18.6 Å². The van der Waals surface area contributed by atoms with Crippen LogP contribution in [0.2, 0.25) is 6.32 Å². The number of benzene rings is 12. The highest BCUT2D eigenvalue weighted by atomic mass is 15.2. The van der Waals surface area contributed by atoms with Crippen LogP contribution >= 0.6 is 0 Å². The van der Waals surface area contributed by atoms with Crippen LogP contribution in [0.25, 0.3) is 126 Å². The first-order valence-corrected chi connectivity index (χ1v) is 38.7. The molecule has 524 valence electrons. The number of aromatic nitrogens is 3. The summed E-state index contributed by atoms with van der Waals surface area (Å²) < 4.78 is 8.23. The molecule has 5 heteroatoms. The lowest BCUT2D eigenvalue weighted by Crippen LogP contribution is -2.49. The van der Waals surface area contributed by atoms with Crippen LogP contribution in [0.4, 0.5) is 11.4 Å². The zero-order chi connectivity index (χ0) is 73.7. The Balaban J connectivity index is 1.16. The molecule has 12 aromatic carbocycles. The molecule has 4 nitrogen and oxygen atoms in total. The van der Waals surface area contributed by atoms with Crippen LogP contribution < -0.4 is 15.8 Å². The molecular formula is C99H105BN4. The van der Waals surface area contributed by atoms with E-state index < -0.39 is 0 Å². The summed E-state index contributed by atoms with van der Waals surface area (Å²) >= 11 is 0. The van der Waals surface area contributed by atoms with E-state index in [1.807, 2.05) is 0 Å². The van der Waals surface area contributed by atoms with Crippen LogP contribution in [0.5, 0.6) is 0 Å². The monoisotopic (exact) mass is 1360 g/mol. The van der Waals surface area contributed by atoms with Crippen molar-refractivity contribution in [3.63, 3.8) is 0 Å². The van der Waals surface area contributed by atoms with Crippen LogP contribution in [0.3, 0.4) is 0 Å². The van der Waals surface area contributed by atoms with Gasteiger partial charge in [0.2, 0.25) is 6.71 Å². The number of hydrogen-bond acceptors (Lipinski definition) is 1. The van der Waals surface area contributed by atoms with Gasteiger partial charge in [0.1, 0.15) is 0 Å². The van der Waals surface area contributed by atoms with E-state index in [1.165, 1.54) is 198 Å². The Kier molecular flexibility index (Phi) is 14.6. The van der Waals surface area contributed by atoms with Gasteiger partial charge in [-0.15, -0.1) is 0 Å². The molecule has 0 saturated carbocycles. The smallest absolute Gasteiger partial charge is 0.217 e. The van der Waals surface area contributed by atoms with Gasteiger partial charge in [0, 0.05) is 88.2 Å². The predicted octanol–water partition coefficient (Wildman–Crippen LogP) is 26.7. The van der Waals surface area contributed by atoms with Crippen molar-refractivity contribution in [2.24, 2.45) is 0 Å². The molecule has 0 saturated heterocycles. The average molecular weight is 1360 g/mol. The third-order valence-corrected chi connectivity index (χ3v) is 24.3. The zero-order valence-corrected chi connectivity index (χ0v) is 66.5. The fourth-order valence-electron chi connectivity index (χ4n) is 18.3. The van der Waals surface area contributed by atoms with Crippen molar-refractivity contribution in [1.82, 2.24) is 13.7 Å². The van der Waals surface area contributed by atoms with Gasteiger partial charge in [0.05, 0.1) is 39.0 Å². The molecule has 0 fully saturated rings. The first-order chi connectivity index (χ1) is 48.8. The molecule has 0 bridgehead atoms. The summed E-state index contributed by atoms with van der Waals surface area (Å²) in [5.41, 5.74) is 29.9. The molecular weight excluding hydrogens is 1260 g/mol. The van der Waals surface area contributed by atoms with Crippen LogP contribution in [0.15, 0.2) is 188 Å². The van der Waals surface area contributed by atoms with E-state index in [1.54, 1.807) is 0 Å². The lowest BCUT2D eigenvalue weighted by Gasteiger charge is -2.39. The maximum Gasteiger partial charge on any atom is 0.217 e. The topological polar surface area (TPSA) is 18.0 Å². The largest absolute Gasteiger partial charge is 0.315 e. The summed E-state index contributed by atoms with van der Waals surface area (Å²) in [7, 11) is 0. The first kappa shape index (κ1) is 67.8. The van der Waals surface area contributed by atoms with E-state index in [0.717, 1.165) is 6.32 Å². The molecule has 1 atom stereocenters. The summed E-state index contributed by atoms with van der Waals surface area (Å²) in [6.07, 6.45) is 3.47. The van der Waals surface area contributed by atoms with Gasteiger partial charge in [-0.05, 0) is 207 Å². The molecule has 3 aromatic heterocycles. The molecule has 2 aliphatic rings. The van der Waals surface area contributed by atoms with Crippen molar-refractivity contribution in [2.45, 2.75) is 216 Å². The quantitative estimate of drug-likeness (QED) is 0.124. The Labute approximate surface area is 618 Å². The Morgan fingerprint density at radius 2 is 0.721 bits per heavy atom. The molecule has 1 unspecified atom stereocenters. The molecule has 0 aliphatic carbocycles. The zero-order valence-electron chi connectivity index (χ0n) is 66.5. The van der Waals surface area contributed by atoms with E-state index in [9.17, 15) is 0 Å². The lowest BCUT2D eigenvalue weighted by atomic mass is 9.37. The maximum absolute atomic E-state index is 2.75. The minimum atomic E-state index is -0.105. The van der Waals surface area contributed by atoms with Crippen molar-refractivity contribution >= 4 is 127 Å². The first-order valence-electron chi connectivity index (χ1n) is 38.7. The number of fused-ring (bicyclic) bond motifs is 12. The molecule has 15 aromatic rings. The Morgan fingerprint density at radius 1 is 0.346 bits per heavy atom. The van der Waals surface area contributed by atoms with Crippen molar-refractivity contribution in [1.29, 1.82) is 0 Å². The van der Waals surface area contributed by atoms with Crippen molar-refractivity contribution in [3.05, 3.63) is 232 Å². The Bertz CT molecular complexity index is 5850. The second-order valence-electron chi connectivity index (χ2n) is 38.7. The minimum Gasteiger partial charge on any atom is -0.315 e. The third kappa shape index (κ3) is 10.2. The second-order valence-corrected chi connectivity index (χ2v) is 38.7. The fourth-order valence-corrected chi connectivity index (χ4v) is 18.3. The average Bonchev–Trinajstić information content (AvgIpc) is 1.38. The molecule has 0 radical (unpaired) electrons. The summed E-state index contributed by atoms with van der Waals surface area (Å²) in [6, 6.07) is 72.0. The summed E-state index contributed by atoms with van der Waals surface area (Å²) in [5.74, 6) is 0.198. The molecule has 0 spiro atoms. The van der Waals surface area contributed by atoms with Crippen molar-refractivity contribution < 1.29 is 0 Å². The molecule has 17 rings (SSSR count). The Morgan fingerprint density at radius 3 is 1.13 bits per heavy atom. The molecule has 2 aliphatic heterocycles. The van der Waals surface area contributed by atoms with Crippen LogP contribution in [-0.4, -0.2) is 20.4 Å². The highest BCUT2D eigenvalue weighted by molar-refractivity contribution is 6.89. The van der Waals surface area contributed by atoms with Gasteiger partial charge in [0.25, 0.3) is 0 Å². The minimum absolute atomic E-state index is 0.0427. The van der Waals surface area contributed by atoms with Gasteiger partial charge >= 0.3 is 0 Å². The highest BCUT2D eigenvalue weighted by Crippen LogP contribution is 2.55. The van der Waals surface area contributed by atoms with Gasteiger partial charge in [0.15, 0.2) is 0 Å². The molecule has 0 N–H and O–H groups in total. The summed E-state index contributed by atoms with van der Waals surface area (Å²) in [6.45, 7) is 57.1. The second kappa shape index (κ2) is 22.4. The predicted molar refractivity (Wildman–Crippen MR) is 456 cm³/mol. The standard InChI is InChI=1S/C99H105BN4/c1-25-100-77-55-67(99(22,23)24)54-76-75-53-66(98(19,20)21)36-44-83(75)104(90(76)77)85-47-60(46-84(89(85)100)101-57(3)45-56(2)70-48-61(93(4,5)6)31-39-78(70)101)87-91(102-79-40-32-62(94(7,8)9)49-71(79)72-50-63(95(10,11)12)33-41-80(72)102)68-37-29-58-27-26-28-59-30-38-69(88(68)86(58)59)92(87)103-81-42-34-64(96(13,14)15)51-73(81)74-52-65(97(16,17)18)35-43-82(74)103/h26-56H,25H2,1-24H3. The van der Waals surface area contributed by atoms with E-state index in [0.29, 0.717) is 0 Å². The van der Waals surface area contributed by atoms with Gasteiger partial charge in [-0.1, -0.05) is 263 Å².